The molecule has 12 N–H and O–H groups in total. The molecule has 0 fully saturated rings. The fourth-order valence-electron chi connectivity index (χ4n) is 0. The first-order valence-electron chi connectivity index (χ1n) is 0. The van der Waals surface area contributed by atoms with Crippen molar-refractivity contribution in [3.63, 3.8) is 0 Å². The smallest absolute Gasteiger partial charge is 1.00 e. The predicted octanol–water partition coefficient (Wildman–Crippen LogP) is -7.94. The van der Waals surface area contributed by atoms with Gasteiger partial charge in [-0.3, -0.25) is 0 Å². The standard InChI is InChI=1S/ClH.Nd.6H2O/h1H;;6*1H2/q;+3;;;;;;/p-1. The molecule has 0 aliphatic rings. The van der Waals surface area contributed by atoms with Crippen molar-refractivity contribution in [1.82, 2.24) is 0 Å². The van der Waals surface area contributed by atoms with E-state index in [9.17, 15) is 0 Å². The van der Waals surface area contributed by atoms with Crippen molar-refractivity contribution in [3.8, 4) is 0 Å². The molecule has 0 saturated carbocycles. The molecule has 0 rings (SSSR count). The zero-order valence-corrected chi connectivity index (χ0v) is 7.84. The van der Waals surface area contributed by atoms with Crippen molar-refractivity contribution in [1.29, 1.82) is 0 Å². The predicted molar refractivity (Wildman–Crippen MR) is 21.7 cm³/mol. The van der Waals surface area contributed by atoms with Gasteiger partial charge in [0.2, 0.25) is 0 Å². The molecule has 0 aliphatic carbocycles. The number of halogens is 1. The van der Waals surface area contributed by atoms with Crippen molar-refractivity contribution in [2.45, 2.75) is 0 Å². The van der Waals surface area contributed by atoms with Crippen LogP contribution in [-0.4, -0.2) is 32.9 Å². The van der Waals surface area contributed by atoms with Gasteiger partial charge in [0.1, 0.15) is 0 Å². The Balaban J connectivity index is 0. The molecule has 0 saturated heterocycles. The summed E-state index contributed by atoms with van der Waals surface area (Å²) in [6.45, 7) is 0. The zero-order chi connectivity index (χ0) is 0. The monoisotopic (exact) mass is 285 g/mol. The summed E-state index contributed by atoms with van der Waals surface area (Å²) in [5, 5.41) is 0. The van der Waals surface area contributed by atoms with Gasteiger partial charge in [0.25, 0.3) is 0 Å². The Kier molecular flexibility index (Phi) is 9910. The Bertz CT molecular complexity index is 8.49. The largest absolute Gasteiger partial charge is 3.00 e. The van der Waals surface area contributed by atoms with Crippen LogP contribution in [0.3, 0.4) is 0 Å². The van der Waals surface area contributed by atoms with Crippen LogP contribution in [0.25, 0.3) is 0 Å². The molecular weight excluding hydrogens is 276 g/mol. The molecule has 0 aromatic heterocycles. The van der Waals surface area contributed by atoms with Gasteiger partial charge in [-0.05, 0) is 0 Å². The Hall–Kier alpha value is 1.40. The van der Waals surface area contributed by atoms with E-state index < -0.39 is 0 Å². The Morgan fingerprint density at radius 3 is 0.375 bits per heavy atom. The van der Waals surface area contributed by atoms with Crippen molar-refractivity contribution < 1.29 is 86.1 Å². The van der Waals surface area contributed by atoms with E-state index in [0.29, 0.717) is 0 Å². The van der Waals surface area contributed by atoms with Crippen molar-refractivity contribution in [2.75, 3.05) is 0 Å². The van der Waals surface area contributed by atoms with E-state index in [0.717, 1.165) is 0 Å². The summed E-state index contributed by atoms with van der Waals surface area (Å²) < 4.78 is 0. The van der Waals surface area contributed by atoms with Gasteiger partial charge in [-0.1, -0.05) is 0 Å². The number of rotatable bonds is 0. The van der Waals surface area contributed by atoms with Crippen LogP contribution in [0.15, 0.2) is 0 Å². The van der Waals surface area contributed by atoms with Crippen LogP contribution in [-0.2, 0) is 0 Å². The Morgan fingerprint density at radius 1 is 0.375 bits per heavy atom. The molecule has 0 heterocycles. The van der Waals surface area contributed by atoms with Crippen LogP contribution in [0.1, 0.15) is 0 Å². The van der Waals surface area contributed by atoms with E-state index in [1.165, 1.54) is 0 Å². The molecule has 0 amide bonds. The van der Waals surface area contributed by atoms with Crippen LogP contribution in [0.5, 0.6) is 0 Å². The van der Waals surface area contributed by atoms with Gasteiger partial charge in [-0.15, -0.1) is 0 Å². The first kappa shape index (κ1) is 338. The maximum absolute atomic E-state index is 0. The Morgan fingerprint density at radius 2 is 0.375 bits per heavy atom. The maximum atomic E-state index is 0. The van der Waals surface area contributed by atoms with Gasteiger partial charge in [-0.25, -0.2) is 0 Å². The average Bonchev–Trinajstić information content (AvgIpc) is 0. The second-order valence-electron chi connectivity index (χ2n) is 0. The van der Waals surface area contributed by atoms with E-state index in [1.807, 2.05) is 0 Å². The second-order valence-corrected chi connectivity index (χ2v) is 0. The van der Waals surface area contributed by atoms with E-state index in [4.69, 9.17) is 0 Å². The second kappa shape index (κ2) is 235. The molecule has 0 unspecified atom stereocenters. The fraction of sp³-hybridized carbons (Fsp3) is 0. The molecule has 0 atom stereocenters. The van der Waals surface area contributed by atoms with E-state index in [2.05, 4.69) is 0 Å². The van der Waals surface area contributed by atoms with Crippen molar-refractivity contribution in [2.24, 2.45) is 0 Å². The fourth-order valence-corrected chi connectivity index (χ4v) is 0. The number of hydrogen-bond acceptors (Lipinski definition) is 0. The van der Waals surface area contributed by atoms with Gasteiger partial charge in [0, 0.05) is 0 Å². The zero-order valence-electron chi connectivity index (χ0n) is 3.88. The summed E-state index contributed by atoms with van der Waals surface area (Å²) >= 11 is 0. The minimum Gasteiger partial charge on any atom is -1.00 e. The van der Waals surface area contributed by atoms with Gasteiger partial charge in [-0.2, -0.15) is 0 Å². The molecule has 6 nitrogen and oxygen atoms in total. The summed E-state index contributed by atoms with van der Waals surface area (Å²) in [4.78, 5) is 0. The topological polar surface area (TPSA) is 189 Å². The van der Waals surface area contributed by atoms with Crippen LogP contribution in [0, 0.1) is 40.8 Å². The van der Waals surface area contributed by atoms with Gasteiger partial charge in [0.05, 0.1) is 0 Å². The number of hydrogen-bond donors (Lipinski definition) is 0. The molecule has 8 heavy (non-hydrogen) atoms. The van der Waals surface area contributed by atoms with Gasteiger partial charge < -0.3 is 45.3 Å². The first-order valence-corrected chi connectivity index (χ1v) is 0. The molecule has 0 bridgehead atoms. The third-order valence-electron chi connectivity index (χ3n) is 0. The SMILES string of the molecule is O.O.O.O.O.O.[Cl-].[Nd+3]. The Labute approximate surface area is 85.4 Å². The van der Waals surface area contributed by atoms with Crippen molar-refractivity contribution in [3.05, 3.63) is 0 Å². The third-order valence-corrected chi connectivity index (χ3v) is 0. The molecule has 0 spiro atoms. The molecular formula is H12ClNdO6+2. The summed E-state index contributed by atoms with van der Waals surface area (Å²) in [6.07, 6.45) is 0. The normalized spacial score (nSPS) is 0. The molecule has 1 radical (unpaired) electrons. The van der Waals surface area contributed by atoms with Crippen LogP contribution >= 0.6 is 0 Å². The molecule has 0 aromatic carbocycles. The quantitative estimate of drug-likeness (QED) is 0.409. The third kappa shape index (κ3) is 155. The van der Waals surface area contributed by atoms with E-state index >= 15 is 0 Å². The minimum atomic E-state index is 0. The van der Waals surface area contributed by atoms with Gasteiger partial charge in [0.15, 0.2) is 0 Å². The molecule has 57 valence electrons. The molecule has 0 aliphatic heterocycles. The van der Waals surface area contributed by atoms with Crippen LogP contribution in [0.2, 0.25) is 0 Å². The summed E-state index contributed by atoms with van der Waals surface area (Å²) in [6, 6.07) is 0. The summed E-state index contributed by atoms with van der Waals surface area (Å²) in [7, 11) is 0. The summed E-state index contributed by atoms with van der Waals surface area (Å²) in [5.41, 5.74) is 0. The van der Waals surface area contributed by atoms with Gasteiger partial charge >= 0.3 is 40.8 Å². The van der Waals surface area contributed by atoms with E-state index in [-0.39, 0.29) is 86.1 Å². The average molecular weight is 288 g/mol. The maximum Gasteiger partial charge on any atom is 3.00 e. The first-order chi connectivity index (χ1) is 0. The van der Waals surface area contributed by atoms with Crippen molar-refractivity contribution >= 4 is 0 Å². The summed E-state index contributed by atoms with van der Waals surface area (Å²) in [5.74, 6) is 0. The van der Waals surface area contributed by atoms with Crippen LogP contribution in [0.4, 0.5) is 0 Å². The minimum absolute atomic E-state index is 0. The molecule has 8 heteroatoms. The molecule has 0 aromatic rings. The van der Waals surface area contributed by atoms with E-state index in [1.54, 1.807) is 0 Å². The van der Waals surface area contributed by atoms with Crippen LogP contribution < -0.4 is 12.4 Å².